The first-order valence-corrected chi connectivity index (χ1v) is 6.92. The lowest BCUT2D eigenvalue weighted by Gasteiger charge is -2.32. The number of hydrogen-bond donors (Lipinski definition) is 0. The van der Waals surface area contributed by atoms with Crippen LogP contribution in [-0.4, -0.2) is 21.8 Å². The van der Waals surface area contributed by atoms with Crippen molar-refractivity contribution >= 4 is 50.7 Å². The first-order valence-electron chi connectivity index (χ1n) is 4.71. The summed E-state index contributed by atoms with van der Waals surface area (Å²) < 4.78 is 38.1. The number of halogens is 7. The molecule has 0 amide bonds. The summed E-state index contributed by atoms with van der Waals surface area (Å²) in [5.41, 5.74) is -0.649. The summed E-state index contributed by atoms with van der Waals surface area (Å²) in [4.78, 5) is -1.89. The topological polar surface area (TPSA) is 0 Å². The molecule has 7 heteroatoms. The van der Waals surface area contributed by atoms with Crippen molar-refractivity contribution in [3.8, 4) is 0 Å². The van der Waals surface area contributed by atoms with E-state index in [2.05, 4.69) is 22.5 Å². The highest BCUT2D eigenvalue weighted by Gasteiger charge is 2.42. The highest BCUT2D eigenvalue weighted by atomic mass is 79.9. The van der Waals surface area contributed by atoms with Crippen LogP contribution in [0.15, 0.2) is 36.0 Å². The standard InChI is InChI=1S/C11H8BrCl3F3/c1-2-10(15,5-13)7-3-6(11(16,17)18)4-8(14)9(7)12/h2-4,9H,1,5H2. The lowest BCUT2D eigenvalue weighted by molar-refractivity contribution is -0.0885. The first kappa shape index (κ1) is 16.4. The average Bonchev–Trinajstić information content (AvgIpc) is 2.30. The molecule has 0 fully saturated rings. The number of rotatable bonds is 3. The molecule has 0 N–H and O–H groups in total. The Morgan fingerprint density at radius 1 is 1.39 bits per heavy atom. The van der Waals surface area contributed by atoms with Crippen molar-refractivity contribution in [1.82, 2.24) is 0 Å². The van der Waals surface area contributed by atoms with Crippen LogP contribution in [0.1, 0.15) is 0 Å². The predicted molar refractivity (Wildman–Crippen MR) is 73.5 cm³/mol. The summed E-state index contributed by atoms with van der Waals surface area (Å²) in [5.74, 6) is -0.110. The minimum absolute atomic E-state index is 0.00295. The fraction of sp³-hybridized carbons (Fsp3) is 0.364. The van der Waals surface area contributed by atoms with E-state index in [1.807, 2.05) is 0 Å². The van der Waals surface area contributed by atoms with Crippen LogP contribution in [0.4, 0.5) is 13.2 Å². The van der Waals surface area contributed by atoms with Crippen LogP contribution in [0.3, 0.4) is 0 Å². The van der Waals surface area contributed by atoms with Crippen molar-refractivity contribution in [2.75, 3.05) is 5.88 Å². The van der Waals surface area contributed by atoms with E-state index in [0.717, 1.165) is 12.2 Å². The van der Waals surface area contributed by atoms with Crippen molar-refractivity contribution in [3.63, 3.8) is 0 Å². The van der Waals surface area contributed by atoms with Crippen LogP contribution >= 0.6 is 50.7 Å². The lowest BCUT2D eigenvalue weighted by atomic mass is 9.89. The Labute approximate surface area is 127 Å². The van der Waals surface area contributed by atoms with Crippen LogP contribution in [0.5, 0.6) is 0 Å². The molecule has 2 unspecified atom stereocenters. The highest BCUT2D eigenvalue weighted by molar-refractivity contribution is 9.09. The molecule has 101 valence electrons. The van der Waals surface area contributed by atoms with Crippen molar-refractivity contribution in [2.45, 2.75) is 15.9 Å². The Kier molecular flexibility index (Phi) is 5.27. The smallest absolute Gasteiger partial charge is 0.166 e. The van der Waals surface area contributed by atoms with E-state index in [1.165, 1.54) is 6.08 Å². The summed E-state index contributed by atoms with van der Waals surface area (Å²) in [7, 11) is 0. The third-order valence-corrected chi connectivity index (χ3v) is 5.09. The third kappa shape index (κ3) is 3.27. The fourth-order valence-corrected chi connectivity index (χ4v) is 2.86. The predicted octanol–water partition coefficient (Wildman–Crippen LogP) is 5.35. The Balaban J connectivity index is 3.29. The van der Waals surface area contributed by atoms with Gasteiger partial charge in [-0.25, -0.2) is 0 Å². The van der Waals surface area contributed by atoms with Gasteiger partial charge < -0.3 is 0 Å². The SMILES string of the molecule is C=CC(Cl)(CCl)C1=CC(C(F)(F)F)=C[C](Cl)C1Br. The van der Waals surface area contributed by atoms with Crippen molar-refractivity contribution in [1.29, 1.82) is 0 Å². The van der Waals surface area contributed by atoms with Gasteiger partial charge in [-0.2, -0.15) is 13.2 Å². The molecule has 1 aliphatic rings. The van der Waals surface area contributed by atoms with E-state index >= 15 is 0 Å². The van der Waals surface area contributed by atoms with Crippen molar-refractivity contribution < 1.29 is 13.2 Å². The Morgan fingerprint density at radius 3 is 2.33 bits per heavy atom. The summed E-state index contributed by atoms with van der Waals surface area (Å²) in [6, 6.07) is 0. The molecule has 0 saturated carbocycles. The summed E-state index contributed by atoms with van der Waals surface area (Å²) in [6.45, 7) is 3.49. The van der Waals surface area contributed by atoms with Crippen LogP contribution in [0, 0.1) is 5.38 Å². The second kappa shape index (κ2) is 5.78. The molecule has 1 rings (SSSR count). The second-order valence-corrected chi connectivity index (χ2v) is 5.94. The third-order valence-electron chi connectivity index (χ3n) is 2.44. The van der Waals surface area contributed by atoms with Gasteiger partial charge in [0.2, 0.25) is 0 Å². The summed E-state index contributed by atoms with van der Waals surface area (Å²) in [5, 5.41) is -0.00295. The largest absolute Gasteiger partial charge is 0.416 e. The first-order chi connectivity index (χ1) is 8.15. The van der Waals surface area contributed by atoms with Gasteiger partial charge in [0.25, 0.3) is 0 Å². The zero-order valence-corrected chi connectivity index (χ0v) is 12.7. The normalized spacial score (nSPS) is 25.2. The maximum atomic E-state index is 12.7. The molecule has 0 aliphatic heterocycles. The van der Waals surface area contributed by atoms with Gasteiger partial charge in [0.15, 0.2) is 0 Å². The summed E-state index contributed by atoms with van der Waals surface area (Å²) >= 11 is 20.8. The monoisotopic (exact) mass is 381 g/mol. The maximum absolute atomic E-state index is 12.7. The molecule has 0 bridgehead atoms. The molecular weight excluding hydrogens is 375 g/mol. The molecule has 0 spiro atoms. The van der Waals surface area contributed by atoms with Gasteiger partial charge >= 0.3 is 6.18 Å². The van der Waals surface area contributed by atoms with Crippen LogP contribution in [0.2, 0.25) is 0 Å². The zero-order valence-electron chi connectivity index (χ0n) is 8.87. The summed E-state index contributed by atoms with van der Waals surface area (Å²) in [6.07, 6.45) is -1.39. The van der Waals surface area contributed by atoms with E-state index in [0.29, 0.717) is 0 Å². The van der Waals surface area contributed by atoms with Gasteiger partial charge in [-0.3, -0.25) is 0 Å². The van der Waals surface area contributed by atoms with Crippen LogP contribution in [-0.2, 0) is 0 Å². The average molecular weight is 383 g/mol. The molecular formula is C11H8BrCl3F3. The van der Waals surface area contributed by atoms with Crippen molar-refractivity contribution in [3.05, 3.63) is 41.3 Å². The molecule has 1 aliphatic carbocycles. The van der Waals surface area contributed by atoms with E-state index < -0.39 is 21.5 Å². The highest BCUT2D eigenvalue weighted by Crippen LogP contribution is 2.45. The Hall–Kier alpha value is 0.360. The Morgan fingerprint density at radius 2 is 1.94 bits per heavy atom. The molecule has 2 atom stereocenters. The molecule has 0 heterocycles. The maximum Gasteiger partial charge on any atom is 0.416 e. The van der Waals surface area contributed by atoms with Crippen LogP contribution in [0.25, 0.3) is 0 Å². The lowest BCUT2D eigenvalue weighted by Crippen LogP contribution is -2.33. The second-order valence-electron chi connectivity index (χ2n) is 3.64. The molecule has 0 aromatic rings. The van der Waals surface area contributed by atoms with Crippen LogP contribution < -0.4 is 0 Å². The molecule has 1 radical (unpaired) electrons. The van der Waals surface area contributed by atoms with Gasteiger partial charge in [-0.15, -0.1) is 41.4 Å². The number of allylic oxidation sites excluding steroid dienone is 5. The van der Waals surface area contributed by atoms with E-state index in [4.69, 9.17) is 34.8 Å². The molecule has 0 nitrogen and oxygen atoms in total. The Bertz CT molecular complexity index is 403. The number of hydrogen-bond acceptors (Lipinski definition) is 0. The molecule has 0 aromatic carbocycles. The van der Waals surface area contributed by atoms with Gasteiger partial charge in [0.05, 0.1) is 15.3 Å². The van der Waals surface area contributed by atoms with Gasteiger partial charge in [-0.05, 0) is 17.7 Å². The molecule has 0 saturated heterocycles. The van der Waals surface area contributed by atoms with Crippen molar-refractivity contribution in [2.24, 2.45) is 0 Å². The quantitative estimate of drug-likeness (QED) is 0.455. The number of alkyl halides is 6. The van der Waals surface area contributed by atoms with E-state index in [1.54, 1.807) is 0 Å². The van der Waals surface area contributed by atoms with Gasteiger partial charge in [0.1, 0.15) is 5.38 Å². The van der Waals surface area contributed by atoms with Gasteiger partial charge in [0, 0.05) is 5.88 Å². The van der Waals surface area contributed by atoms with E-state index in [-0.39, 0.29) is 16.8 Å². The fourth-order valence-electron chi connectivity index (χ4n) is 1.40. The van der Waals surface area contributed by atoms with Gasteiger partial charge in [-0.1, -0.05) is 22.0 Å². The minimum Gasteiger partial charge on any atom is -0.166 e. The molecule has 18 heavy (non-hydrogen) atoms. The zero-order chi connectivity index (χ0) is 14.1. The molecule has 0 aromatic heterocycles. The van der Waals surface area contributed by atoms with E-state index in [9.17, 15) is 13.2 Å². The minimum atomic E-state index is -4.50.